The van der Waals surface area contributed by atoms with E-state index in [0.29, 0.717) is 6.04 Å². The van der Waals surface area contributed by atoms with E-state index >= 15 is 0 Å². The molecule has 0 aliphatic rings. The van der Waals surface area contributed by atoms with Gasteiger partial charge >= 0.3 is 0 Å². The van der Waals surface area contributed by atoms with Crippen LogP contribution in [0.25, 0.3) is 0 Å². The summed E-state index contributed by atoms with van der Waals surface area (Å²) in [5, 5.41) is 3.55. The van der Waals surface area contributed by atoms with Crippen LogP contribution >= 0.6 is 11.3 Å². The van der Waals surface area contributed by atoms with Gasteiger partial charge in [0.2, 0.25) is 0 Å². The van der Waals surface area contributed by atoms with Crippen molar-refractivity contribution in [2.75, 3.05) is 19.0 Å². The maximum atomic E-state index is 4.30. The number of hydrogen-bond acceptors (Lipinski definition) is 4. The van der Waals surface area contributed by atoms with E-state index in [2.05, 4.69) is 67.4 Å². The van der Waals surface area contributed by atoms with Crippen LogP contribution in [0.15, 0.2) is 29.8 Å². The lowest BCUT2D eigenvalue weighted by Crippen LogP contribution is -2.18. The van der Waals surface area contributed by atoms with Gasteiger partial charge in [-0.05, 0) is 31.5 Å². The highest BCUT2D eigenvalue weighted by Crippen LogP contribution is 2.21. The van der Waals surface area contributed by atoms with Crippen LogP contribution in [0, 0.1) is 6.92 Å². The van der Waals surface area contributed by atoms with Gasteiger partial charge in [0.15, 0.2) is 0 Å². The van der Waals surface area contributed by atoms with Crippen LogP contribution in [-0.2, 0) is 6.54 Å². The molecule has 0 amide bonds. The topological polar surface area (TPSA) is 28.2 Å². The lowest BCUT2D eigenvalue weighted by Gasteiger charge is -2.15. The predicted molar refractivity (Wildman–Crippen MR) is 82.9 cm³/mol. The van der Waals surface area contributed by atoms with Crippen molar-refractivity contribution < 1.29 is 0 Å². The smallest absolute Gasteiger partial charge is 0.0798 e. The number of nitrogens with zero attached hydrogens (tertiary/aromatic N) is 2. The molecule has 0 saturated carbocycles. The summed E-state index contributed by atoms with van der Waals surface area (Å²) in [6.45, 7) is 5.14. The van der Waals surface area contributed by atoms with Gasteiger partial charge in [-0.15, -0.1) is 11.3 Å². The number of anilines is 1. The van der Waals surface area contributed by atoms with E-state index in [-0.39, 0.29) is 0 Å². The minimum Gasteiger partial charge on any atom is -0.378 e. The highest BCUT2D eigenvalue weighted by molar-refractivity contribution is 7.09. The molecule has 0 aliphatic carbocycles. The molecule has 1 aromatic carbocycles. The summed E-state index contributed by atoms with van der Waals surface area (Å²) >= 11 is 1.72. The summed E-state index contributed by atoms with van der Waals surface area (Å²) in [6, 6.07) is 9.00. The molecule has 0 fully saturated rings. The normalized spacial score (nSPS) is 12.4. The van der Waals surface area contributed by atoms with Crippen LogP contribution in [0.3, 0.4) is 0 Å². The van der Waals surface area contributed by atoms with Crippen LogP contribution in [0.5, 0.6) is 0 Å². The molecule has 2 aromatic rings. The zero-order valence-corrected chi connectivity index (χ0v) is 12.8. The van der Waals surface area contributed by atoms with Gasteiger partial charge in [-0.2, -0.15) is 0 Å². The van der Waals surface area contributed by atoms with Crippen LogP contribution in [-0.4, -0.2) is 19.1 Å². The van der Waals surface area contributed by atoms with Gasteiger partial charge in [-0.3, -0.25) is 0 Å². The lowest BCUT2D eigenvalue weighted by atomic mass is 10.1. The van der Waals surface area contributed by atoms with E-state index in [4.69, 9.17) is 0 Å². The average molecular weight is 275 g/mol. The van der Waals surface area contributed by atoms with Crippen molar-refractivity contribution >= 4 is 17.0 Å². The predicted octanol–water partition coefficient (Wildman–Crippen LogP) is 3.37. The lowest BCUT2D eigenvalue weighted by molar-refractivity contribution is 0.579. The molecule has 19 heavy (non-hydrogen) atoms. The average Bonchev–Trinajstić information content (AvgIpc) is 2.83. The highest BCUT2D eigenvalue weighted by Gasteiger charge is 2.10. The summed E-state index contributed by atoms with van der Waals surface area (Å²) in [5.41, 5.74) is 5.58. The van der Waals surface area contributed by atoms with E-state index in [1.165, 1.54) is 16.1 Å². The van der Waals surface area contributed by atoms with Crippen LogP contribution < -0.4 is 10.2 Å². The Morgan fingerprint density at radius 3 is 2.47 bits per heavy atom. The first-order valence-electron chi connectivity index (χ1n) is 6.47. The molecule has 0 saturated heterocycles. The standard InChI is InChI=1S/C15H21N3S/c1-11(15-12(2)17-10-19-15)16-9-13-5-7-14(8-6-13)18(3)4/h5-8,10-11,16H,9H2,1-4H3. The molecule has 0 radical (unpaired) electrons. The fourth-order valence-electron chi connectivity index (χ4n) is 2.00. The van der Waals surface area contributed by atoms with E-state index < -0.39 is 0 Å². The van der Waals surface area contributed by atoms with Crippen molar-refractivity contribution in [2.45, 2.75) is 26.4 Å². The van der Waals surface area contributed by atoms with Gasteiger partial charge in [-0.25, -0.2) is 4.98 Å². The fourth-order valence-corrected chi connectivity index (χ4v) is 2.84. The molecule has 1 unspecified atom stereocenters. The Kier molecular flexibility index (Phi) is 4.56. The van der Waals surface area contributed by atoms with E-state index in [9.17, 15) is 0 Å². The molecular formula is C15H21N3S. The molecule has 1 aromatic heterocycles. The first kappa shape index (κ1) is 14.0. The van der Waals surface area contributed by atoms with E-state index in [1.54, 1.807) is 11.3 Å². The quantitative estimate of drug-likeness (QED) is 0.907. The number of hydrogen-bond donors (Lipinski definition) is 1. The van der Waals surface area contributed by atoms with E-state index in [1.807, 2.05) is 5.51 Å². The SMILES string of the molecule is Cc1ncsc1C(C)NCc1ccc(N(C)C)cc1. The van der Waals surface area contributed by atoms with Gasteiger partial charge < -0.3 is 10.2 Å². The largest absolute Gasteiger partial charge is 0.378 e. The number of nitrogens with one attached hydrogen (secondary N) is 1. The molecule has 0 aliphatic heterocycles. The monoisotopic (exact) mass is 275 g/mol. The van der Waals surface area contributed by atoms with Crippen LogP contribution in [0.4, 0.5) is 5.69 Å². The van der Waals surface area contributed by atoms with Crippen molar-refractivity contribution in [3.8, 4) is 0 Å². The van der Waals surface area contributed by atoms with Crippen molar-refractivity contribution in [2.24, 2.45) is 0 Å². The van der Waals surface area contributed by atoms with Crippen molar-refractivity contribution in [3.63, 3.8) is 0 Å². The van der Waals surface area contributed by atoms with E-state index in [0.717, 1.165) is 12.2 Å². The summed E-state index contributed by atoms with van der Waals surface area (Å²) in [4.78, 5) is 7.73. The molecule has 1 heterocycles. The Morgan fingerprint density at radius 2 is 1.95 bits per heavy atom. The summed E-state index contributed by atoms with van der Waals surface area (Å²) < 4.78 is 0. The zero-order chi connectivity index (χ0) is 13.8. The number of aryl methyl sites for hydroxylation is 1. The van der Waals surface area contributed by atoms with Gasteiger partial charge in [0, 0.05) is 37.2 Å². The maximum absolute atomic E-state index is 4.30. The third kappa shape index (κ3) is 3.55. The Morgan fingerprint density at radius 1 is 1.26 bits per heavy atom. The molecule has 4 heteroatoms. The second-order valence-electron chi connectivity index (χ2n) is 4.97. The number of aromatic nitrogens is 1. The van der Waals surface area contributed by atoms with Gasteiger partial charge in [0.1, 0.15) is 0 Å². The highest BCUT2D eigenvalue weighted by atomic mass is 32.1. The molecular weight excluding hydrogens is 254 g/mol. The van der Waals surface area contributed by atoms with Gasteiger partial charge in [0.25, 0.3) is 0 Å². The Balaban J connectivity index is 1.93. The summed E-state index contributed by atoms with van der Waals surface area (Å²) in [5.74, 6) is 0. The maximum Gasteiger partial charge on any atom is 0.0798 e. The molecule has 3 nitrogen and oxygen atoms in total. The van der Waals surface area contributed by atoms with Crippen molar-refractivity contribution in [3.05, 3.63) is 45.9 Å². The van der Waals surface area contributed by atoms with Crippen molar-refractivity contribution in [1.29, 1.82) is 0 Å². The molecule has 1 N–H and O–H groups in total. The van der Waals surface area contributed by atoms with Crippen LogP contribution in [0.2, 0.25) is 0 Å². The number of thiazole rings is 1. The minimum atomic E-state index is 0.348. The summed E-state index contributed by atoms with van der Waals surface area (Å²) in [6.07, 6.45) is 0. The second kappa shape index (κ2) is 6.17. The number of benzene rings is 1. The third-order valence-electron chi connectivity index (χ3n) is 3.24. The minimum absolute atomic E-state index is 0.348. The van der Waals surface area contributed by atoms with Gasteiger partial charge in [0.05, 0.1) is 11.2 Å². The zero-order valence-electron chi connectivity index (χ0n) is 12.0. The van der Waals surface area contributed by atoms with Gasteiger partial charge in [-0.1, -0.05) is 12.1 Å². The molecule has 2 rings (SSSR count). The first-order chi connectivity index (χ1) is 9.08. The second-order valence-corrected chi connectivity index (χ2v) is 5.85. The van der Waals surface area contributed by atoms with Crippen molar-refractivity contribution in [1.82, 2.24) is 10.3 Å². The number of rotatable bonds is 5. The molecule has 102 valence electrons. The Bertz CT molecular complexity index is 516. The first-order valence-corrected chi connectivity index (χ1v) is 7.35. The molecule has 0 bridgehead atoms. The van der Waals surface area contributed by atoms with Crippen LogP contribution in [0.1, 0.15) is 29.1 Å². The molecule has 0 spiro atoms. The summed E-state index contributed by atoms with van der Waals surface area (Å²) in [7, 11) is 4.11. The molecule has 1 atom stereocenters. The fraction of sp³-hybridized carbons (Fsp3) is 0.400. The third-order valence-corrected chi connectivity index (χ3v) is 4.35. The Hall–Kier alpha value is -1.39. The Labute approximate surface area is 119 Å².